The van der Waals surface area contributed by atoms with E-state index in [0.717, 1.165) is 0 Å². The lowest BCUT2D eigenvalue weighted by Crippen LogP contribution is -2.50. The Bertz CT molecular complexity index is 879. The third kappa shape index (κ3) is 5.75. The van der Waals surface area contributed by atoms with E-state index in [9.17, 15) is 14.9 Å². The Kier molecular flexibility index (Phi) is 5.88. The lowest BCUT2D eigenvalue weighted by molar-refractivity contribution is -0.384. The maximum Gasteiger partial charge on any atom is 0.408 e. The van der Waals surface area contributed by atoms with Crippen molar-refractivity contribution < 1.29 is 14.5 Å². The highest BCUT2D eigenvalue weighted by Gasteiger charge is 2.27. The molecule has 2 heterocycles. The van der Waals surface area contributed by atoms with Gasteiger partial charge in [-0.3, -0.25) is 15.1 Å². The number of hydrogen-bond donors (Lipinski definition) is 2. The molecule has 0 bridgehead atoms. The number of anilines is 1. The number of rotatable bonds is 5. The lowest BCUT2D eigenvalue weighted by Gasteiger charge is -2.29. The van der Waals surface area contributed by atoms with Gasteiger partial charge in [-0.1, -0.05) is 0 Å². The maximum atomic E-state index is 12.0. The van der Waals surface area contributed by atoms with E-state index in [0.29, 0.717) is 15.5 Å². The van der Waals surface area contributed by atoms with E-state index in [4.69, 9.17) is 4.74 Å². The molecule has 1 amide bonds. The first-order valence-electron chi connectivity index (χ1n) is 8.22. The van der Waals surface area contributed by atoms with Crippen LogP contribution in [0.15, 0.2) is 22.9 Å². The first-order valence-corrected chi connectivity index (χ1v) is 9.01. The smallest absolute Gasteiger partial charge is 0.408 e. The number of halogens is 1. The average molecular weight is 440 g/mol. The van der Waals surface area contributed by atoms with Crippen LogP contribution in [0.1, 0.15) is 34.6 Å². The second kappa shape index (κ2) is 7.63. The Morgan fingerprint density at radius 2 is 1.93 bits per heavy atom. The van der Waals surface area contributed by atoms with Gasteiger partial charge >= 0.3 is 11.8 Å². The molecule has 2 N–H and O–H groups in total. The summed E-state index contributed by atoms with van der Waals surface area (Å²) in [6.45, 7) is 9.09. The van der Waals surface area contributed by atoms with Crippen molar-refractivity contribution >= 4 is 44.4 Å². The minimum absolute atomic E-state index is 0.189. The zero-order valence-corrected chi connectivity index (χ0v) is 17.4. The van der Waals surface area contributed by atoms with Crippen LogP contribution in [0, 0.1) is 10.1 Å². The molecular weight excluding hydrogens is 418 g/mol. The summed E-state index contributed by atoms with van der Waals surface area (Å²) >= 11 is 3.31. The van der Waals surface area contributed by atoms with Crippen LogP contribution in [0.3, 0.4) is 0 Å². The van der Waals surface area contributed by atoms with Gasteiger partial charge in [0.15, 0.2) is 0 Å². The highest BCUT2D eigenvalue weighted by atomic mass is 79.9. The molecule has 0 fully saturated rings. The van der Waals surface area contributed by atoms with Crippen molar-refractivity contribution in [3.05, 3.63) is 33.0 Å². The number of aromatic nitrogens is 2. The van der Waals surface area contributed by atoms with Gasteiger partial charge in [0.25, 0.3) is 0 Å². The van der Waals surface area contributed by atoms with Crippen LogP contribution in [0.2, 0.25) is 0 Å². The highest BCUT2D eigenvalue weighted by molar-refractivity contribution is 9.10. The predicted molar refractivity (Wildman–Crippen MR) is 106 cm³/mol. The van der Waals surface area contributed by atoms with Crippen LogP contribution in [0.5, 0.6) is 0 Å². The number of carbonyl (C=O) groups is 1. The second-order valence-electron chi connectivity index (χ2n) is 7.66. The number of carbonyl (C=O) groups excluding carboxylic acids is 1. The summed E-state index contributed by atoms with van der Waals surface area (Å²) in [6, 6.07) is 1.72. The molecule has 0 atom stereocenters. The Morgan fingerprint density at radius 3 is 2.52 bits per heavy atom. The van der Waals surface area contributed by atoms with E-state index in [1.54, 1.807) is 46.9 Å². The van der Waals surface area contributed by atoms with Gasteiger partial charge in [0.05, 0.1) is 16.0 Å². The van der Waals surface area contributed by atoms with Crippen molar-refractivity contribution in [1.29, 1.82) is 0 Å². The fourth-order valence-electron chi connectivity index (χ4n) is 2.28. The molecule has 9 nitrogen and oxygen atoms in total. The molecule has 0 aromatic carbocycles. The van der Waals surface area contributed by atoms with Gasteiger partial charge in [-0.25, -0.2) is 9.78 Å². The van der Waals surface area contributed by atoms with Crippen LogP contribution in [-0.4, -0.2) is 38.7 Å². The molecule has 27 heavy (non-hydrogen) atoms. The van der Waals surface area contributed by atoms with Gasteiger partial charge < -0.3 is 15.4 Å². The predicted octanol–water partition coefficient (Wildman–Crippen LogP) is 4.02. The Hall–Kier alpha value is -2.49. The van der Waals surface area contributed by atoms with Crippen LogP contribution >= 0.6 is 15.9 Å². The molecule has 0 unspecified atom stereocenters. The van der Waals surface area contributed by atoms with E-state index in [1.165, 1.54) is 6.20 Å². The standard InChI is InChI=1S/C17H22BrN5O4/c1-16(2,3)27-15(24)22-17(4,5)9-21-14-12(23(25)26)8-19-11-6-10(18)7-20-13(11)14/h6-8H,9H2,1-5H3,(H,19,21)(H,22,24). The minimum Gasteiger partial charge on any atom is -0.444 e. The number of nitro groups is 1. The van der Waals surface area contributed by atoms with Gasteiger partial charge in [0.2, 0.25) is 0 Å². The second-order valence-corrected chi connectivity index (χ2v) is 8.58. The van der Waals surface area contributed by atoms with E-state index in [2.05, 4.69) is 36.5 Å². The van der Waals surface area contributed by atoms with Crippen LogP contribution in [-0.2, 0) is 4.74 Å². The molecule has 0 aliphatic carbocycles. The van der Waals surface area contributed by atoms with Crippen LogP contribution in [0.4, 0.5) is 16.2 Å². The fourth-order valence-corrected chi connectivity index (χ4v) is 2.60. The summed E-state index contributed by atoms with van der Waals surface area (Å²) < 4.78 is 5.97. The fraction of sp³-hybridized carbons (Fsp3) is 0.471. The summed E-state index contributed by atoms with van der Waals surface area (Å²) in [5.41, 5.74) is -0.413. The summed E-state index contributed by atoms with van der Waals surface area (Å²) in [5, 5.41) is 17.2. The van der Waals surface area contributed by atoms with E-state index >= 15 is 0 Å². The van der Waals surface area contributed by atoms with Crippen LogP contribution in [0.25, 0.3) is 11.0 Å². The normalized spacial score (nSPS) is 11.9. The van der Waals surface area contributed by atoms with Gasteiger partial charge in [0.1, 0.15) is 23.0 Å². The van der Waals surface area contributed by atoms with Crippen LogP contribution < -0.4 is 10.6 Å². The molecule has 2 rings (SSSR count). The number of hydrogen-bond acceptors (Lipinski definition) is 7. The van der Waals surface area contributed by atoms with Crippen molar-refractivity contribution in [2.45, 2.75) is 45.8 Å². The number of nitrogens with zero attached hydrogens (tertiary/aromatic N) is 3. The Balaban J connectivity index is 2.25. The average Bonchev–Trinajstić information content (AvgIpc) is 2.49. The molecule has 10 heteroatoms. The number of pyridine rings is 2. The van der Waals surface area contributed by atoms with Crippen molar-refractivity contribution in [1.82, 2.24) is 15.3 Å². The number of fused-ring (bicyclic) bond motifs is 1. The molecule has 0 aliphatic rings. The van der Waals surface area contributed by atoms with Crippen molar-refractivity contribution in [3.8, 4) is 0 Å². The van der Waals surface area contributed by atoms with E-state index in [1.807, 2.05) is 0 Å². The third-order valence-corrected chi connectivity index (χ3v) is 3.83. The zero-order valence-electron chi connectivity index (χ0n) is 15.8. The monoisotopic (exact) mass is 439 g/mol. The zero-order chi connectivity index (χ0) is 20.4. The third-order valence-electron chi connectivity index (χ3n) is 3.40. The van der Waals surface area contributed by atoms with Gasteiger partial charge in [0, 0.05) is 17.2 Å². The molecular formula is C17H22BrN5O4. The number of nitrogens with one attached hydrogen (secondary N) is 2. The molecule has 2 aromatic heterocycles. The number of alkyl carbamates (subject to hydrolysis) is 1. The molecule has 0 spiro atoms. The molecule has 0 saturated heterocycles. The molecule has 0 saturated carbocycles. The molecule has 0 aliphatic heterocycles. The quantitative estimate of drug-likeness (QED) is 0.532. The topological polar surface area (TPSA) is 119 Å². The maximum absolute atomic E-state index is 12.0. The Morgan fingerprint density at radius 1 is 1.26 bits per heavy atom. The largest absolute Gasteiger partial charge is 0.444 e. The van der Waals surface area contributed by atoms with Crippen molar-refractivity contribution in [3.63, 3.8) is 0 Å². The number of ether oxygens (including phenoxy) is 1. The summed E-state index contributed by atoms with van der Waals surface area (Å²) in [7, 11) is 0. The molecule has 2 aromatic rings. The van der Waals surface area contributed by atoms with Gasteiger partial charge in [-0.05, 0) is 56.6 Å². The van der Waals surface area contributed by atoms with Crippen molar-refractivity contribution in [2.24, 2.45) is 0 Å². The number of amides is 1. The minimum atomic E-state index is -0.735. The Labute approximate surface area is 165 Å². The van der Waals surface area contributed by atoms with Gasteiger partial charge in [-0.15, -0.1) is 0 Å². The van der Waals surface area contributed by atoms with E-state index < -0.39 is 22.2 Å². The van der Waals surface area contributed by atoms with Crippen molar-refractivity contribution in [2.75, 3.05) is 11.9 Å². The first kappa shape index (κ1) is 20.8. The SMILES string of the molecule is CC(C)(CNc1c([N+](=O)[O-])cnc2cc(Br)cnc12)NC(=O)OC(C)(C)C. The lowest BCUT2D eigenvalue weighted by atomic mass is 10.1. The molecule has 0 radical (unpaired) electrons. The molecule has 146 valence electrons. The van der Waals surface area contributed by atoms with Gasteiger partial charge in [-0.2, -0.15) is 0 Å². The summed E-state index contributed by atoms with van der Waals surface area (Å²) in [5.74, 6) is 0. The van der Waals surface area contributed by atoms with E-state index in [-0.39, 0.29) is 17.9 Å². The summed E-state index contributed by atoms with van der Waals surface area (Å²) in [6.07, 6.45) is 2.17. The highest BCUT2D eigenvalue weighted by Crippen LogP contribution is 2.31. The summed E-state index contributed by atoms with van der Waals surface area (Å²) in [4.78, 5) is 31.2. The first-order chi connectivity index (χ1) is 12.4.